The molecule has 0 radical (unpaired) electrons. The van der Waals surface area contributed by atoms with Crippen LogP contribution in [0.2, 0.25) is 0 Å². The lowest BCUT2D eigenvalue weighted by Crippen LogP contribution is -2.14. The topological polar surface area (TPSA) is 55.8 Å². The van der Waals surface area contributed by atoms with Gasteiger partial charge in [0.15, 0.2) is 0 Å². The minimum absolute atomic E-state index is 0.0884. The van der Waals surface area contributed by atoms with Crippen LogP contribution in [-0.2, 0) is 16.0 Å². The van der Waals surface area contributed by atoms with E-state index >= 15 is 0 Å². The van der Waals surface area contributed by atoms with Crippen molar-refractivity contribution in [2.75, 3.05) is 19.8 Å². The first kappa shape index (κ1) is 19.9. The third kappa shape index (κ3) is 5.30. The highest BCUT2D eigenvalue weighted by Crippen LogP contribution is 2.31. The summed E-state index contributed by atoms with van der Waals surface area (Å²) < 4.78 is 25.4. The van der Waals surface area contributed by atoms with Crippen LogP contribution in [0.25, 0.3) is 11.1 Å². The number of aryl methyl sites for hydroxylation is 1. The summed E-state index contributed by atoms with van der Waals surface area (Å²) in [5.74, 6) is -0.551. The van der Waals surface area contributed by atoms with Crippen LogP contribution in [0.5, 0.6) is 5.75 Å². The number of carbonyl (C=O) groups excluding carboxylic acids is 1. The fraction of sp³-hybridized carbons (Fsp3) is 0.381. The number of rotatable bonds is 8. The Kier molecular flexibility index (Phi) is 7.16. The molecule has 0 aromatic heterocycles. The highest BCUT2D eigenvalue weighted by Gasteiger charge is 2.15. The molecule has 0 bridgehead atoms. The average Bonchev–Trinajstić information content (AvgIpc) is 2.60. The summed E-state index contributed by atoms with van der Waals surface area (Å²) in [4.78, 5) is 11.7. The van der Waals surface area contributed by atoms with Gasteiger partial charge < -0.3 is 14.6 Å². The van der Waals surface area contributed by atoms with E-state index in [4.69, 9.17) is 14.6 Å². The summed E-state index contributed by atoms with van der Waals surface area (Å²) >= 11 is 0. The number of aliphatic hydroxyl groups is 1. The van der Waals surface area contributed by atoms with Crippen LogP contribution in [0, 0.1) is 18.7 Å². The summed E-state index contributed by atoms with van der Waals surface area (Å²) in [5, 5.41) is 8.90. The van der Waals surface area contributed by atoms with E-state index < -0.39 is 5.82 Å². The highest BCUT2D eigenvalue weighted by atomic mass is 19.1. The Labute approximate surface area is 153 Å². The summed E-state index contributed by atoms with van der Waals surface area (Å²) in [7, 11) is 0. The first-order valence-corrected chi connectivity index (χ1v) is 8.72. The Morgan fingerprint density at radius 3 is 2.46 bits per heavy atom. The molecule has 0 fully saturated rings. The molecule has 5 heteroatoms. The number of halogens is 1. The first-order chi connectivity index (χ1) is 12.4. The Morgan fingerprint density at radius 2 is 1.85 bits per heavy atom. The fourth-order valence-electron chi connectivity index (χ4n) is 2.55. The van der Waals surface area contributed by atoms with Crippen LogP contribution in [0.3, 0.4) is 0 Å². The molecule has 0 aliphatic rings. The van der Waals surface area contributed by atoms with Crippen molar-refractivity contribution in [1.29, 1.82) is 0 Å². The Morgan fingerprint density at radius 1 is 1.15 bits per heavy atom. The van der Waals surface area contributed by atoms with Crippen molar-refractivity contribution in [3.05, 3.63) is 53.3 Å². The number of benzene rings is 2. The zero-order valence-corrected chi connectivity index (χ0v) is 15.4. The van der Waals surface area contributed by atoms with Crippen LogP contribution in [-0.4, -0.2) is 30.9 Å². The number of hydrogen-bond acceptors (Lipinski definition) is 4. The number of esters is 1. The van der Waals surface area contributed by atoms with Gasteiger partial charge >= 0.3 is 5.97 Å². The first-order valence-electron chi connectivity index (χ1n) is 8.72. The van der Waals surface area contributed by atoms with Crippen LogP contribution in [0.15, 0.2) is 36.4 Å². The largest absolute Gasteiger partial charge is 0.491 e. The monoisotopic (exact) mass is 360 g/mol. The van der Waals surface area contributed by atoms with E-state index in [1.807, 2.05) is 31.2 Å². The summed E-state index contributed by atoms with van der Waals surface area (Å²) in [6, 6.07) is 10.6. The Balaban J connectivity index is 2.31. The second kappa shape index (κ2) is 9.34. The third-order valence-electron chi connectivity index (χ3n) is 3.93. The van der Waals surface area contributed by atoms with Crippen LogP contribution < -0.4 is 4.74 Å². The molecule has 2 aromatic carbocycles. The van der Waals surface area contributed by atoms with E-state index in [0.717, 1.165) is 11.1 Å². The van der Waals surface area contributed by atoms with Gasteiger partial charge in [-0.15, -0.1) is 0 Å². The molecule has 0 heterocycles. The molecule has 0 saturated heterocycles. The van der Waals surface area contributed by atoms with Crippen LogP contribution >= 0.6 is 0 Å². The molecule has 4 nitrogen and oxygen atoms in total. The van der Waals surface area contributed by atoms with Gasteiger partial charge in [-0.05, 0) is 24.1 Å². The smallest absolute Gasteiger partial charge is 0.308 e. The van der Waals surface area contributed by atoms with Gasteiger partial charge in [0.05, 0.1) is 19.1 Å². The lowest BCUT2D eigenvalue weighted by molar-refractivity contribution is -0.147. The number of hydrogen-bond donors (Lipinski definition) is 1. The molecule has 140 valence electrons. The lowest BCUT2D eigenvalue weighted by Gasteiger charge is -2.15. The van der Waals surface area contributed by atoms with Crippen LogP contribution in [0.1, 0.15) is 25.0 Å². The maximum absolute atomic E-state index is 14.8. The maximum atomic E-state index is 14.8. The van der Waals surface area contributed by atoms with Crippen LogP contribution in [0.4, 0.5) is 4.39 Å². The van der Waals surface area contributed by atoms with E-state index in [9.17, 15) is 9.18 Å². The zero-order chi connectivity index (χ0) is 19.1. The van der Waals surface area contributed by atoms with E-state index in [1.54, 1.807) is 19.9 Å². The maximum Gasteiger partial charge on any atom is 0.308 e. The van der Waals surface area contributed by atoms with Crippen molar-refractivity contribution < 1.29 is 23.8 Å². The predicted octanol–water partition coefficient (Wildman–Crippen LogP) is 3.91. The standard InChI is InChI=1S/C21H25FO4/c1-14(2)21(24)26-10-8-17-12-18(25-11-9-23)13-19(22)20(17)16-6-4-15(3)5-7-16/h4-7,12-14,23H,8-11H2,1-3H3. The Hall–Kier alpha value is -2.40. The predicted molar refractivity (Wildman–Crippen MR) is 98.7 cm³/mol. The van der Waals surface area contributed by atoms with Gasteiger partial charge in [-0.3, -0.25) is 4.79 Å². The molecule has 2 aromatic rings. The van der Waals surface area contributed by atoms with Crippen molar-refractivity contribution >= 4 is 5.97 Å². The summed E-state index contributed by atoms with van der Waals surface area (Å²) in [6.45, 7) is 5.61. The van der Waals surface area contributed by atoms with Crippen molar-refractivity contribution in [2.24, 2.45) is 5.92 Å². The van der Waals surface area contributed by atoms with Crippen molar-refractivity contribution in [3.8, 4) is 16.9 Å². The summed E-state index contributed by atoms with van der Waals surface area (Å²) in [5.41, 5.74) is 3.01. The quantitative estimate of drug-likeness (QED) is 0.725. The minimum atomic E-state index is -0.408. The van der Waals surface area contributed by atoms with Gasteiger partial charge in [0, 0.05) is 18.1 Å². The fourth-order valence-corrected chi connectivity index (χ4v) is 2.55. The molecule has 2 rings (SSSR count). The molecule has 1 N–H and O–H groups in total. The van der Waals surface area contributed by atoms with Gasteiger partial charge in [0.25, 0.3) is 0 Å². The van der Waals surface area contributed by atoms with Gasteiger partial charge in [0.2, 0.25) is 0 Å². The average molecular weight is 360 g/mol. The molecule has 0 spiro atoms. The van der Waals surface area contributed by atoms with E-state index in [1.165, 1.54) is 6.07 Å². The second-order valence-corrected chi connectivity index (χ2v) is 6.45. The second-order valence-electron chi connectivity index (χ2n) is 6.45. The molecule has 0 aliphatic carbocycles. The molecule has 26 heavy (non-hydrogen) atoms. The molecule has 0 atom stereocenters. The zero-order valence-electron chi connectivity index (χ0n) is 15.4. The van der Waals surface area contributed by atoms with Gasteiger partial charge in [0.1, 0.15) is 18.2 Å². The molecule has 0 amide bonds. The number of carbonyl (C=O) groups is 1. The number of aliphatic hydroxyl groups excluding tert-OH is 1. The van der Waals surface area contributed by atoms with Crippen molar-refractivity contribution in [3.63, 3.8) is 0 Å². The molecule has 0 aliphatic heterocycles. The lowest BCUT2D eigenvalue weighted by atomic mass is 9.96. The van der Waals surface area contributed by atoms with E-state index in [-0.39, 0.29) is 31.7 Å². The summed E-state index contributed by atoms with van der Waals surface area (Å²) in [6.07, 6.45) is 0.370. The minimum Gasteiger partial charge on any atom is -0.491 e. The third-order valence-corrected chi connectivity index (χ3v) is 3.93. The normalized spacial score (nSPS) is 10.8. The van der Waals surface area contributed by atoms with Crippen molar-refractivity contribution in [1.82, 2.24) is 0 Å². The molecule has 0 saturated carbocycles. The van der Waals surface area contributed by atoms with Crippen molar-refractivity contribution in [2.45, 2.75) is 27.2 Å². The highest BCUT2D eigenvalue weighted by molar-refractivity contribution is 5.72. The molecule has 0 unspecified atom stereocenters. The van der Waals surface area contributed by atoms with E-state index in [0.29, 0.717) is 23.3 Å². The SMILES string of the molecule is Cc1ccc(-c2c(F)cc(OCCO)cc2CCOC(=O)C(C)C)cc1. The van der Waals surface area contributed by atoms with Gasteiger partial charge in [-0.2, -0.15) is 0 Å². The molecular weight excluding hydrogens is 335 g/mol. The molecular formula is C21H25FO4. The van der Waals surface area contributed by atoms with Gasteiger partial charge in [-0.1, -0.05) is 43.7 Å². The van der Waals surface area contributed by atoms with Gasteiger partial charge in [-0.25, -0.2) is 4.39 Å². The Bertz CT molecular complexity index is 738. The number of ether oxygens (including phenoxy) is 2. The van der Waals surface area contributed by atoms with E-state index in [2.05, 4.69) is 0 Å².